The van der Waals surface area contributed by atoms with Gasteiger partial charge < -0.3 is 9.47 Å². The molecule has 0 bridgehead atoms. The van der Waals surface area contributed by atoms with Crippen LogP contribution in [0.2, 0.25) is 0 Å². The van der Waals surface area contributed by atoms with Crippen LogP contribution < -0.4 is 14.0 Å². The Balaban J connectivity index is 1.79. The summed E-state index contributed by atoms with van der Waals surface area (Å²) in [5.74, 6) is 1.78. The van der Waals surface area contributed by atoms with Crippen molar-refractivity contribution in [2.24, 2.45) is 0 Å². The molecule has 0 aliphatic heterocycles. The highest BCUT2D eigenvalue weighted by molar-refractivity contribution is 5.37. The number of ether oxygens (including phenoxy) is 2. The third-order valence-electron chi connectivity index (χ3n) is 3.53. The molecule has 0 saturated carbocycles. The molecule has 0 N–H and O–H groups in total. The highest BCUT2D eigenvalue weighted by Gasteiger charge is 2.09. The monoisotopic (exact) mass is 309 g/mol. The van der Waals surface area contributed by atoms with Crippen molar-refractivity contribution in [3.8, 4) is 22.9 Å². The maximum absolute atomic E-state index is 5.48. The van der Waals surface area contributed by atoms with E-state index in [1.54, 1.807) is 0 Å². The van der Waals surface area contributed by atoms with Crippen LogP contribution in [0, 0.1) is 0 Å². The molecule has 1 heterocycles. The van der Waals surface area contributed by atoms with E-state index in [-0.39, 0.29) is 0 Å². The van der Waals surface area contributed by atoms with E-state index in [4.69, 9.17) is 9.47 Å². The van der Waals surface area contributed by atoms with Crippen LogP contribution in [-0.4, -0.2) is 17.8 Å². The van der Waals surface area contributed by atoms with E-state index in [2.05, 4.69) is 9.13 Å². The largest absolute Gasteiger partial charge is 0.494 e. The lowest BCUT2D eigenvalue weighted by Crippen LogP contribution is -2.27. The van der Waals surface area contributed by atoms with E-state index < -0.39 is 0 Å². The normalized spacial score (nSPS) is 10.5. The van der Waals surface area contributed by atoms with Crippen molar-refractivity contribution >= 4 is 0 Å². The summed E-state index contributed by atoms with van der Waals surface area (Å²) in [4.78, 5) is 0. The third kappa shape index (κ3) is 3.54. The van der Waals surface area contributed by atoms with Crippen molar-refractivity contribution < 1.29 is 14.0 Å². The lowest BCUT2D eigenvalue weighted by Gasteiger charge is -2.03. The number of imidazole rings is 1. The molecular formula is C19H21N2O2+. The molecule has 23 heavy (non-hydrogen) atoms. The predicted molar refractivity (Wildman–Crippen MR) is 89.6 cm³/mol. The van der Waals surface area contributed by atoms with Gasteiger partial charge in [0.2, 0.25) is 0 Å². The number of hydrogen-bond donors (Lipinski definition) is 0. The summed E-state index contributed by atoms with van der Waals surface area (Å²) in [6.45, 7) is 5.33. The molecule has 0 atom stereocenters. The second-order valence-corrected chi connectivity index (χ2v) is 5.08. The molecular weight excluding hydrogens is 288 g/mol. The second-order valence-electron chi connectivity index (χ2n) is 5.08. The third-order valence-corrected chi connectivity index (χ3v) is 3.53. The standard InChI is InChI=1S/C19H21N2O2/c1-3-22-18-9-5-16(6-10-18)20-13-14-21(15-20)17-7-11-19(12-8-17)23-4-2/h5-15H,3-4H2,1-2H3/q+1. The van der Waals surface area contributed by atoms with Crippen molar-refractivity contribution in [3.63, 3.8) is 0 Å². The fraction of sp³-hybridized carbons (Fsp3) is 0.211. The van der Waals surface area contributed by atoms with E-state index in [0.717, 1.165) is 22.9 Å². The van der Waals surface area contributed by atoms with Gasteiger partial charge in [0.15, 0.2) is 0 Å². The SMILES string of the molecule is CCOc1ccc(-n2cc[n+](-c3ccc(OCC)cc3)c2)cc1. The smallest absolute Gasteiger partial charge is 0.254 e. The van der Waals surface area contributed by atoms with Gasteiger partial charge in [0.05, 0.1) is 13.2 Å². The first-order chi connectivity index (χ1) is 11.3. The maximum Gasteiger partial charge on any atom is 0.254 e. The van der Waals surface area contributed by atoms with Crippen LogP contribution in [0.4, 0.5) is 0 Å². The molecule has 4 heteroatoms. The molecule has 3 rings (SSSR count). The Morgan fingerprint density at radius 1 is 0.826 bits per heavy atom. The summed E-state index contributed by atoms with van der Waals surface area (Å²) in [5.41, 5.74) is 2.19. The summed E-state index contributed by atoms with van der Waals surface area (Å²) < 4.78 is 15.1. The van der Waals surface area contributed by atoms with Gasteiger partial charge in [-0.1, -0.05) is 0 Å². The first-order valence-corrected chi connectivity index (χ1v) is 7.86. The minimum atomic E-state index is 0.681. The van der Waals surface area contributed by atoms with Gasteiger partial charge in [0.1, 0.15) is 35.3 Å². The number of aromatic nitrogens is 2. The summed E-state index contributed by atoms with van der Waals surface area (Å²) in [6, 6.07) is 16.1. The summed E-state index contributed by atoms with van der Waals surface area (Å²) in [5, 5.41) is 0. The van der Waals surface area contributed by atoms with E-state index >= 15 is 0 Å². The fourth-order valence-corrected chi connectivity index (χ4v) is 2.42. The first-order valence-electron chi connectivity index (χ1n) is 7.86. The van der Waals surface area contributed by atoms with Gasteiger partial charge in [0, 0.05) is 0 Å². The highest BCUT2D eigenvalue weighted by Crippen LogP contribution is 2.16. The van der Waals surface area contributed by atoms with E-state index in [1.165, 1.54) is 0 Å². The van der Waals surface area contributed by atoms with Crippen LogP contribution in [-0.2, 0) is 0 Å². The Morgan fingerprint density at radius 3 is 1.96 bits per heavy atom. The molecule has 0 fully saturated rings. The Kier molecular flexibility index (Phi) is 4.62. The topological polar surface area (TPSA) is 27.3 Å². The van der Waals surface area contributed by atoms with Crippen LogP contribution in [0.25, 0.3) is 11.4 Å². The molecule has 2 aromatic carbocycles. The zero-order chi connectivity index (χ0) is 16.1. The molecule has 1 aromatic heterocycles. The number of nitrogens with zero attached hydrogens (tertiary/aromatic N) is 2. The summed E-state index contributed by atoms with van der Waals surface area (Å²) >= 11 is 0. The van der Waals surface area contributed by atoms with Gasteiger partial charge in [-0.25, -0.2) is 9.13 Å². The van der Waals surface area contributed by atoms with Gasteiger partial charge >= 0.3 is 0 Å². The van der Waals surface area contributed by atoms with Crippen LogP contribution >= 0.6 is 0 Å². The minimum Gasteiger partial charge on any atom is -0.494 e. The minimum absolute atomic E-state index is 0.681. The van der Waals surface area contributed by atoms with Crippen LogP contribution in [0.15, 0.2) is 67.3 Å². The van der Waals surface area contributed by atoms with Crippen molar-refractivity contribution in [2.45, 2.75) is 13.8 Å². The molecule has 0 unspecified atom stereocenters. The predicted octanol–water partition coefficient (Wildman–Crippen LogP) is 3.55. The molecule has 0 spiro atoms. The van der Waals surface area contributed by atoms with Crippen molar-refractivity contribution in [3.05, 3.63) is 67.3 Å². The molecule has 4 nitrogen and oxygen atoms in total. The van der Waals surface area contributed by atoms with Crippen molar-refractivity contribution in [1.82, 2.24) is 4.57 Å². The van der Waals surface area contributed by atoms with Gasteiger partial charge in [0.25, 0.3) is 6.33 Å². The number of hydrogen-bond acceptors (Lipinski definition) is 2. The number of benzene rings is 2. The van der Waals surface area contributed by atoms with E-state index in [9.17, 15) is 0 Å². The Morgan fingerprint density at radius 2 is 1.39 bits per heavy atom. The van der Waals surface area contributed by atoms with Gasteiger partial charge in [-0.05, 0) is 62.4 Å². The van der Waals surface area contributed by atoms with Crippen molar-refractivity contribution in [2.75, 3.05) is 13.2 Å². The molecule has 118 valence electrons. The van der Waals surface area contributed by atoms with Gasteiger partial charge in [-0.15, -0.1) is 0 Å². The molecule has 0 amide bonds. The van der Waals surface area contributed by atoms with E-state index in [0.29, 0.717) is 13.2 Å². The van der Waals surface area contributed by atoms with Crippen molar-refractivity contribution in [1.29, 1.82) is 0 Å². The summed E-state index contributed by atoms with van der Waals surface area (Å²) in [6.07, 6.45) is 6.11. The Bertz CT molecular complexity index is 682. The maximum atomic E-state index is 5.48. The zero-order valence-corrected chi connectivity index (χ0v) is 13.5. The average molecular weight is 309 g/mol. The van der Waals surface area contributed by atoms with E-state index in [1.807, 2.05) is 81.1 Å². The molecule has 3 aromatic rings. The van der Waals surface area contributed by atoms with Gasteiger partial charge in [-0.3, -0.25) is 0 Å². The fourth-order valence-electron chi connectivity index (χ4n) is 2.42. The van der Waals surface area contributed by atoms with Crippen LogP contribution in [0.1, 0.15) is 13.8 Å². The van der Waals surface area contributed by atoms with Crippen LogP contribution in [0.5, 0.6) is 11.5 Å². The lowest BCUT2D eigenvalue weighted by atomic mass is 10.3. The second kappa shape index (κ2) is 7.01. The lowest BCUT2D eigenvalue weighted by molar-refractivity contribution is -0.594. The summed E-state index contributed by atoms with van der Waals surface area (Å²) in [7, 11) is 0. The molecule has 0 aliphatic rings. The first kappa shape index (κ1) is 15.2. The zero-order valence-electron chi connectivity index (χ0n) is 13.5. The Hall–Kier alpha value is -2.75. The molecule has 0 radical (unpaired) electrons. The van der Waals surface area contributed by atoms with Crippen LogP contribution in [0.3, 0.4) is 0 Å². The number of rotatable bonds is 6. The molecule has 0 aliphatic carbocycles. The van der Waals surface area contributed by atoms with Gasteiger partial charge in [-0.2, -0.15) is 0 Å². The average Bonchev–Trinajstić information content (AvgIpc) is 3.07. The highest BCUT2D eigenvalue weighted by atomic mass is 16.5. The molecule has 0 saturated heterocycles. The Labute approximate surface area is 136 Å². The quantitative estimate of drug-likeness (QED) is 0.651.